The molecule has 0 fully saturated rings. The quantitative estimate of drug-likeness (QED) is 0.481. The van der Waals surface area contributed by atoms with Gasteiger partial charge >= 0.3 is 0 Å². The zero-order valence-electron chi connectivity index (χ0n) is 18.2. The molecule has 0 aromatic heterocycles. The van der Waals surface area contributed by atoms with Crippen LogP contribution in [-0.4, -0.2) is 23.1 Å². The number of Topliss-reactive ketones (excluding diaryl/α,β-unsaturated/α-hetero) is 1. The van der Waals surface area contributed by atoms with Gasteiger partial charge in [-0.25, -0.2) is 0 Å². The standard InChI is InChI=1S/C26H30O4/c1-15(2)11-19-12-16(3)17(4)23(18-9-7-6-8-10-18)24(19)26(29)25-21(27)13-20(30-5)14-22(25)28/h6-14,17,19,23-24,27-28H,1-5H3/t17-,19-,23+,24-/m1/s1. The number of hydrogen-bond acceptors (Lipinski definition) is 4. The summed E-state index contributed by atoms with van der Waals surface area (Å²) in [6.45, 7) is 8.27. The molecule has 2 N–H and O–H groups in total. The Morgan fingerprint density at radius 3 is 2.20 bits per heavy atom. The lowest BCUT2D eigenvalue weighted by Crippen LogP contribution is -2.36. The van der Waals surface area contributed by atoms with Gasteiger partial charge in [-0.3, -0.25) is 4.79 Å². The molecule has 4 atom stereocenters. The molecule has 2 aromatic carbocycles. The van der Waals surface area contributed by atoms with Crippen molar-refractivity contribution in [3.05, 3.63) is 76.9 Å². The van der Waals surface area contributed by atoms with Gasteiger partial charge in [0.1, 0.15) is 22.8 Å². The molecule has 0 amide bonds. The number of carbonyl (C=O) groups is 1. The lowest BCUT2D eigenvalue weighted by molar-refractivity contribution is 0.0847. The van der Waals surface area contributed by atoms with Gasteiger partial charge in [0.05, 0.1) is 7.11 Å². The molecule has 30 heavy (non-hydrogen) atoms. The van der Waals surface area contributed by atoms with Crippen LogP contribution in [0.25, 0.3) is 0 Å². The van der Waals surface area contributed by atoms with Crippen molar-refractivity contribution in [1.29, 1.82) is 0 Å². The van der Waals surface area contributed by atoms with E-state index in [-0.39, 0.29) is 40.6 Å². The average molecular weight is 407 g/mol. The molecule has 4 nitrogen and oxygen atoms in total. The molecule has 0 heterocycles. The molecule has 0 bridgehead atoms. The van der Waals surface area contributed by atoms with E-state index in [1.807, 2.05) is 44.2 Å². The van der Waals surface area contributed by atoms with Crippen molar-refractivity contribution in [3.63, 3.8) is 0 Å². The summed E-state index contributed by atoms with van der Waals surface area (Å²) >= 11 is 0. The Labute approximate surface area is 178 Å². The zero-order chi connectivity index (χ0) is 22.0. The van der Waals surface area contributed by atoms with E-state index in [0.29, 0.717) is 5.75 Å². The highest BCUT2D eigenvalue weighted by atomic mass is 16.5. The Hall–Kier alpha value is -3.01. The van der Waals surface area contributed by atoms with Gasteiger partial charge in [0.2, 0.25) is 0 Å². The van der Waals surface area contributed by atoms with Crippen molar-refractivity contribution < 1.29 is 19.7 Å². The number of phenols is 2. The summed E-state index contributed by atoms with van der Waals surface area (Å²) in [7, 11) is 1.45. The van der Waals surface area contributed by atoms with E-state index in [9.17, 15) is 15.0 Å². The van der Waals surface area contributed by atoms with Gasteiger partial charge < -0.3 is 14.9 Å². The minimum Gasteiger partial charge on any atom is -0.507 e. The molecule has 0 aliphatic heterocycles. The van der Waals surface area contributed by atoms with Crippen molar-refractivity contribution in [1.82, 2.24) is 0 Å². The van der Waals surface area contributed by atoms with Crippen LogP contribution >= 0.6 is 0 Å². The van der Waals surface area contributed by atoms with Crippen molar-refractivity contribution in [2.75, 3.05) is 7.11 Å². The van der Waals surface area contributed by atoms with Crippen molar-refractivity contribution in [2.24, 2.45) is 17.8 Å². The van der Waals surface area contributed by atoms with Gasteiger partial charge in [-0.2, -0.15) is 0 Å². The number of allylic oxidation sites excluding steroid dienone is 4. The van der Waals surface area contributed by atoms with E-state index in [1.165, 1.54) is 24.8 Å². The molecule has 0 saturated heterocycles. The Morgan fingerprint density at radius 1 is 1.07 bits per heavy atom. The second kappa shape index (κ2) is 8.78. The molecule has 0 unspecified atom stereocenters. The third kappa shape index (κ3) is 4.13. The molecular weight excluding hydrogens is 376 g/mol. The van der Waals surface area contributed by atoms with Crippen molar-refractivity contribution in [2.45, 2.75) is 33.6 Å². The van der Waals surface area contributed by atoms with E-state index in [1.54, 1.807) is 0 Å². The van der Waals surface area contributed by atoms with E-state index >= 15 is 0 Å². The first-order valence-corrected chi connectivity index (χ1v) is 10.3. The summed E-state index contributed by atoms with van der Waals surface area (Å²) in [4.78, 5) is 13.8. The van der Waals surface area contributed by atoms with Crippen LogP contribution in [0.4, 0.5) is 0 Å². The van der Waals surface area contributed by atoms with Crippen LogP contribution in [0.1, 0.15) is 49.5 Å². The second-order valence-corrected chi connectivity index (χ2v) is 8.39. The second-order valence-electron chi connectivity index (χ2n) is 8.39. The number of benzene rings is 2. The Bertz CT molecular complexity index is 960. The number of ether oxygens (including phenoxy) is 1. The van der Waals surface area contributed by atoms with Crippen LogP contribution in [0.5, 0.6) is 17.2 Å². The zero-order valence-corrected chi connectivity index (χ0v) is 18.2. The lowest BCUT2D eigenvalue weighted by atomic mass is 9.63. The fourth-order valence-electron chi connectivity index (χ4n) is 4.56. The maximum Gasteiger partial charge on any atom is 0.174 e. The number of aromatic hydroxyl groups is 2. The van der Waals surface area contributed by atoms with Crippen LogP contribution in [0.3, 0.4) is 0 Å². The third-order valence-corrected chi connectivity index (χ3v) is 6.08. The fraction of sp³-hybridized carbons (Fsp3) is 0.346. The number of rotatable bonds is 5. The Kier molecular flexibility index (Phi) is 6.35. The first-order valence-electron chi connectivity index (χ1n) is 10.3. The number of methoxy groups -OCH3 is 1. The van der Waals surface area contributed by atoms with E-state index in [4.69, 9.17) is 4.74 Å². The Balaban J connectivity index is 2.20. The molecule has 1 aliphatic carbocycles. The summed E-state index contributed by atoms with van der Waals surface area (Å²) in [5, 5.41) is 21.1. The van der Waals surface area contributed by atoms with E-state index in [0.717, 1.165) is 11.1 Å². The Morgan fingerprint density at radius 2 is 1.67 bits per heavy atom. The molecule has 1 aliphatic rings. The average Bonchev–Trinajstić information content (AvgIpc) is 2.69. The van der Waals surface area contributed by atoms with Crippen molar-refractivity contribution in [3.8, 4) is 17.2 Å². The lowest BCUT2D eigenvalue weighted by Gasteiger charge is -2.40. The van der Waals surface area contributed by atoms with Gasteiger partial charge in [0.15, 0.2) is 5.78 Å². The molecule has 4 heteroatoms. The minimum atomic E-state index is -0.453. The summed E-state index contributed by atoms with van der Waals surface area (Å²) < 4.78 is 5.10. The van der Waals surface area contributed by atoms with Gasteiger partial charge in [0, 0.05) is 29.9 Å². The largest absolute Gasteiger partial charge is 0.507 e. The normalized spacial score (nSPS) is 23.4. The van der Waals surface area contributed by atoms with Gasteiger partial charge in [0.25, 0.3) is 0 Å². The van der Waals surface area contributed by atoms with Crippen LogP contribution in [-0.2, 0) is 0 Å². The summed E-state index contributed by atoms with van der Waals surface area (Å²) in [5.41, 5.74) is 3.38. The first kappa shape index (κ1) is 21.7. The van der Waals surface area contributed by atoms with E-state index in [2.05, 4.69) is 26.0 Å². The monoisotopic (exact) mass is 406 g/mol. The maximum absolute atomic E-state index is 13.8. The molecule has 0 saturated carbocycles. The third-order valence-electron chi connectivity index (χ3n) is 6.08. The highest BCUT2D eigenvalue weighted by Crippen LogP contribution is 2.48. The van der Waals surface area contributed by atoms with Crippen LogP contribution < -0.4 is 4.74 Å². The molecule has 0 radical (unpaired) electrons. The number of carbonyl (C=O) groups excluding carboxylic acids is 1. The molecule has 0 spiro atoms. The molecule has 3 rings (SSSR count). The fourth-order valence-corrected chi connectivity index (χ4v) is 4.56. The number of phenolic OH excluding ortho intramolecular Hbond substituents is 2. The predicted molar refractivity (Wildman–Crippen MR) is 119 cm³/mol. The summed E-state index contributed by atoms with van der Waals surface area (Å²) in [6, 6.07) is 12.8. The maximum atomic E-state index is 13.8. The SMILES string of the molecule is COc1cc(O)c(C(=O)[C@@H]2[C@H](C=C(C)C)C=C(C)[C@@H](C)[C@H]2c2ccccc2)c(O)c1. The summed E-state index contributed by atoms with van der Waals surface area (Å²) in [5.74, 6) is -1.02. The van der Waals surface area contributed by atoms with E-state index < -0.39 is 5.92 Å². The van der Waals surface area contributed by atoms with Gasteiger partial charge in [-0.05, 0) is 32.3 Å². The minimum absolute atomic E-state index is 0.0472. The highest BCUT2D eigenvalue weighted by Gasteiger charge is 2.42. The van der Waals surface area contributed by atoms with Gasteiger partial charge in [-0.1, -0.05) is 60.6 Å². The number of ketones is 1. The first-order chi connectivity index (χ1) is 14.2. The van der Waals surface area contributed by atoms with Crippen LogP contribution in [0.2, 0.25) is 0 Å². The van der Waals surface area contributed by atoms with Crippen molar-refractivity contribution >= 4 is 5.78 Å². The number of hydrogen-bond donors (Lipinski definition) is 2. The summed E-state index contributed by atoms with van der Waals surface area (Å²) in [6.07, 6.45) is 4.25. The van der Waals surface area contributed by atoms with Crippen LogP contribution in [0.15, 0.2) is 65.8 Å². The van der Waals surface area contributed by atoms with Crippen LogP contribution in [0, 0.1) is 17.8 Å². The van der Waals surface area contributed by atoms with Gasteiger partial charge in [-0.15, -0.1) is 0 Å². The highest BCUT2D eigenvalue weighted by molar-refractivity contribution is 6.04. The smallest absolute Gasteiger partial charge is 0.174 e. The predicted octanol–water partition coefficient (Wildman–Crippen LogP) is 5.87. The topological polar surface area (TPSA) is 66.8 Å². The molecular formula is C26H30O4. The molecule has 2 aromatic rings. The molecule has 158 valence electrons.